The third-order valence-electron chi connectivity index (χ3n) is 16.0. The van der Waals surface area contributed by atoms with Gasteiger partial charge in [0.25, 0.3) is 0 Å². The highest BCUT2D eigenvalue weighted by molar-refractivity contribution is 5.66. The van der Waals surface area contributed by atoms with Gasteiger partial charge in [0.1, 0.15) is 36.6 Å². The van der Waals surface area contributed by atoms with E-state index in [2.05, 4.69) is 41.2 Å². The normalized spacial score (nSPS) is 57.5. The van der Waals surface area contributed by atoms with Gasteiger partial charge >= 0.3 is 5.97 Å². The maximum atomic E-state index is 12.6. The predicted octanol–water partition coefficient (Wildman–Crippen LogP) is 3.73. The lowest BCUT2D eigenvalue weighted by atomic mass is 9.40. The van der Waals surface area contributed by atoms with E-state index in [0.717, 1.165) is 44.9 Å². The minimum Gasteiger partial charge on any atom is -0.455 e. The van der Waals surface area contributed by atoms with E-state index in [-0.39, 0.29) is 51.9 Å². The van der Waals surface area contributed by atoms with Crippen molar-refractivity contribution in [2.45, 2.75) is 148 Å². The van der Waals surface area contributed by atoms with Crippen LogP contribution >= 0.6 is 0 Å². The monoisotopic (exact) mass is 646 g/mol. The fourth-order valence-corrected chi connectivity index (χ4v) is 14.2. The minimum absolute atomic E-state index is 0.0333. The second kappa shape index (κ2) is 10.2. The summed E-state index contributed by atoms with van der Waals surface area (Å²) in [4.78, 5) is 12.0. The van der Waals surface area contributed by atoms with E-state index < -0.39 is 59.9 Å². The number of hydrogen-bond donors (Lipinski definition) is 5. The van der Waals surface area contributed by atoms with E-state index in [0.29, 0.717) is 17.9 Å². The van der Waals surface area contributed by atoms with Gasteiger partial charge in [-0.15, -0.1) is 0 Å². The average Bonchev–Trinajstić information content (AvgIpc) is 3.61. The lowest BCUT2D eigenvalue weighted by molar-refractivity contribution is -0.333. The number of esters is 1. The van der Waals surface area contributed by atoms with E-state index in [1.54, 1.807) is 0 Å². The van der Waals surface area contributed by atoms with Crippen molar-refractivity contribution in [3.63, 3.8) is 0 Å². The molecule has 2 aliphatic heterocycles. The zero-order valence-electron chi connectivity index (χ0n) is 28.9. The quantitative estimate of drug-likeness (QED) is 0.228. The number of carbonyl (C=O) groups is 1. The Labute approximate surface area is 274 Å². The largest absolute Gasteiger partial charge is 0.455 e. The number of hydrogen-bond acceptors (Lipinski definition) is 9. The number of rotatable bonds is 4. The number of aliphatic hydroxyl groups is 5. The molecule has 2 spiro atoms. The fourth-order valence-electron chi connectivity index (χ4n) is 14.2. The molecule has 0 amide bonds. The van der Waals surface area contributed by atoms with Crippen LogP contribution in [0.3, 0.4) is 0 Å². The van der Waals surface area contributed by atoms with Crippen LogP contribution in [0.1, 0.15) is 99.8 Å². The maximum Gasteiger partial charge on any atom is 0.303 e. The molecule has 9 heteroatoms. The van der Waals surface area contributed by atoms with Gasteiger partial charge in [-0.25, -0.2) is 0 Å². The Kier molecular flexibility index (Phi) is 7.44. The number of carbonyl (C=O) groups excluding carboxylic acids is 1. The van der Waals surface area contributed by atoms with Gasteiger partial charge in [0, 0.05) is 18.3 Å². The number of aliphatic hydroxyl groups excluding tert-OH is 4. The first-order chi connectivity index (χ1) is 21.3. The fraction of sp³-hybridized carbons (Fsp3) is 0.919. The van der Waals surface area contributed by atoms with Crippen molar-refractivity contribution in [1.82, 2.24) is 0 Å². The van der Waals surface area contributed by atoms with Gasteiger partial charge in [-0.2, -0.15) is 0 Å². The Morgan fingerprint density at radius 3 is 2.24 bits per heavy atom. The Bertz CT molecular complexity index is 1290. The van der Waals surface area contributed by atoms with Crippen LogP contribution in [0, 0.1) is 56.7 Å². The molecule has 5 aliphatic carbocycles. The van der Waals surface area contributed by atoms with Crippen molar-refractivity contribution >= 4 is 5.97 Å². The summed E-state index contributed by atoms with van der Waals surface area (Å²) < 4.78 is 18.3. The molecule has 9 nitrogen and oxygen atoms in total. The van der Waals surface area contributed by atoms with Crippen molar-refractivity contribution in [3.05, 3.63) is 12.2 Å². The first-order valence-electron chi connectivity index (χ1n) is 17.9. The molecule has 2 heterocycles. The average molecular weight is 647 g/mol. The summed E-state index contributed by atoms with van der Waals surface area (Å²) in [5.41, 5.74) is -0.219. The van der Waals surface area contributed by atoms with E-state index in [9.17, 15) is 30.3 Å². The second-order valence-electron chi connectivity index (χ2n) is 18.1. The Balaban J connectivity index is 1.20. The molecule has 260 valence electrons. The molecule has 5 N–H and O–H groups in total. The maximum absolute atomic E-state index is 12.6. The van der Waals surface area contributed by atoms with E-state index >= 15 is 0 Å². The molecule has 0 aromatic heterocycles. The molecule has 0 aromatic carbocycles. The highest BCUT2D eigenvalue weighted by Crippen LogP contribution is 2.90. The van der Waals surface area contributed by atoms with Gasteiger partial charge < -0.3 is 39.7 Å². The summed E-state index contributed by atoms with van der Waals surface area (Å²) >= 11 is 0. The summed E-state index contributed by atoms with van der Waals surface area (Å²) in [7, 11) is 0. The van der Waals surface area contributed by atoms with Gasteiger partial charge in [-0.1, -0.05) is 41.2 Å². The summed E-state index contributed by atoms with van der Waals surface area (Å²) in [6.45, 7) is 18.6. The zero-order valence-corrected chi connectivity index (χ0v) is 28.9. The summed E-state index contributed by atoms with van der Waals surface area (Å²) in [5, 5.41) is 56.7. The third-order valence-corrected chi connectivity index (χ3v) is 16.0. The van der Waals surface area contributed by atoms with Gasteiger partial charge in [0.15, 0.2) is 5.79 Å². The predicted molar refractivity (Wildman–Crippen MR) is 169 cm³/mol. The highest BCUT2D eigenvalue weighted by atomic mass is 16.7. The Morgan fingerprint density at radius 2 is 1.59 bits per heavy atom. The Morgan fingerprint density at radius 1 is 0.935 bits per heavy atom. The van der Waals surface area contributed by atoms with Crippen LogP contribution in [0.5, 0.6) is 0 Å². The van der Waals surface area contributed by atoms with Crippen molar-refractivity contribution in [2.75, 3.05) is 6.61 Å². The molecule has 0 bridgehead atoms. The van der Waals surface area contributed by atoms with Crippen molar-refractivity contribution in [2.24, 2.45) is 56.7 Å². The Hall–Kier alpha value is -1.07. The molecule has 0 unspecified atom stereocenters. The standard InChI is InChI=1S/C37H58O9/c1-18(2)28(45-20(4)38)23-15-19(3)30-33(7)13-14-36-17-35(36)12-11-21(29-27(41)26(40)22(39)16-44-29)32(5,6)24(35)9-10-25(36)34(33,8)31(42)37(30,43)46-23/h19,21-31,39-43H,1,9-17H2,2-8H3/t19-,21-,22-,23-,24+,25+,26+,27-,28-,29+,30-,31-,33-,34-,35-,36+,37-/m1/s1. The molecule has 7 fully saturated rings. The van der Waals surface area contributed by atoms with Gasteiger partial charge in [0.2, 0.25) is 0 Å². The van der Waals surface area contributed by atoms with E-state index in [1.807, 2.05) is 6.92 Å². The van der Waals surface area contributed by atoms with Crippen LogP contribution in [0.2, 0.25) is 0 Å². The van der Waals surface area contributed by atoms with Crippen molar-refractivity contribution < 1.29 is 44.5 Å². The molecule has 7 rings (SSSR count). The zero-order chi connectivity index (χ0) is 33.6. The number of ether oxygens (including phenoxy) is 3. The van der Waals surface area contributed by atoms with Gasteiger partial charge in [0.05, 0.1) is 12.7 Å². The van der Waals surface area contributed by atoms with Gasteiger partial charge in [-0.3, -0.25) is 4.79 Å². The van der Waals surface area contributed by atoms with Crippen LogP contribution in [0.4, 0.5) is 0 Å². The molecule has 7 aliphatic rings. The van der Waals surface area contributed by atoms with Crippen LogP contribution in [-0.4, -0.2) is 86.6 Å². The minimum atomic E-state index is -1.76. The summed E-state index contributed by atoms with van der Waals surface area (Å²) in [6, 6.07) is 0. The third kappa shape index (κ3) is 3.91. The van der Waals surface area contributed by atoms with Crippen LogP contribution in [0.15, 0.2) is 12.2 Å². The molecule has 17 atom stereocenters. The van der Waals surface area contributed by atoms with E-state index in [4.69, 9.17) is 14.2 Å². The van der Waals surface area contributed by atoms with Gasteiger partial charge in [-0.05, 0) is 109 Å². The lowest BCUT2D eigenvalue weighted by Gasteiger charge is -2.64. The first kappa shape index (κ1) is 33.4. The molecule has 5 saturated carbocycles. The molecule has 2 saturated heterocycles. The molecular weight excluding hydrogens is 588 g/mol. The summed E-state index contributed by atoms with van der Waals surface area (Å²) in [6.07, 6.45) is 1.24. The molecule has 46 heavy (non-hydrogen) atoms. The topological polar surface area (TPSA) is 146 Å². The smallest absolute Gasteiger partial charge is 0.303 e. The second-order valence-corrected chi connectivity index (χ2v) is 18.1. The van der Waals surface area contributed by atoms with Crippen molar-refractivity contribution in [1.29, 1.82) is 0 Å². The molecule has 0 aromatic rings. The highest BCUT2D eigenvalue weighted by Gasteiger charge is 2.86. The SMILES string of the molecule is C=C(C)[C@@H](OC(C)=O)[C@H]1C[C@@H](C)[C@H]2[C@@](O)(O1)[C@H](O)[C@@]1(C)[C@@H]3CC[C@H]4C(C)(C)[C@@H]([C@@H]5OC[C@@H](O)[C@H](O)[C@H]5O)CC[C@@]45C[C@@]35CC[C@]21C. The molecular formula is C37H58O9. The van der Waals surface area contributed by atoms with E-state index in [1.165, 1.54) is 6.92 Å². The van der Waals surface area contributed by atoms with Crippen LogP contribution in [0.25, 0.3) is 0 Å². The van der Waals surface area contributed by atoms with Crippen LogP contribution < -0.4 is 0 Å². The first-order valence-corrected chi connectivity index (χ1v) is 17.9. The molecule has 0 radical (unpaired) electrons. The lowest BCUT2D eigenvalue weighted by Crippen LogP contribution is -2.62. The van der Waals surface area contributed by atoms with Crippen molar-refractivity contribution in [3.8, 4) is 0 Å². The summed E-state index contributed by atoms with van der Waals surface area (Å²) in [5.74, 6) is -1.72. The number of fused-ring (bicyclic) bond motifs is 4. The van der Waals surface area contributed by atoms with Crippen LogP contribution in [-0.2, 0) is 19.0 Å².